The van der Waals surface area contributed by atoms with Gasteiger partial charge >= 0.3 is 15.4 Å². The first-order valence-corrected chi connectivity index (χ1v) is 16.1. The molecule has 3 aliphatic rings. The molecule has 4 unspecified atom stereocenters. The second-order valence-electron chi connectivity index (χ2n) is 10.1. The molecule has 23 heteroatoms. The zero-order valence-electron chi connectivity index (χ0n) is 22.2. The van der Waals surface area contributed by atoms with E-state index in [2.05, 4.69) is 24.9 Å². The van der Waals surface area contributed by atoms with Gasteiger partial charge in [-0.15, -0.1) is 0 Å². The average molecular weight is 657 g/mol. The van der Waals surface area contributed by atoms with E-state index in [0.717, 1.165) is 6.33 Å². The fraction of sp³-hybridized carbons (Fsp3) is 0.476. The highest BCUT2D eigenvalue weighted by Gasteiger charge is 2.54. The van der Waals surface area contributed by atoms with Gasteiger partial charge in [0, 0.05) is 6.20 Å². The second kappa shape index (κ2) is 10.7. The van der Waals surface area contributed by atoms with E-state index in [1.54, 1.807) is 0 Å². The molecule has 236 valence electrons. The monoisotopic (exact) mass is 657 g/mol. The van der Waals surface area contributed by atoms with Gasteiger partial charge in [-0.05, 0) is 6.07 Å². The summed E-state index contributed by atoms with van der Waals surface area (Å²) in [5.41, 5.74) is 12.9. The van der Waals surface area contributed by atoms with Crippen molar-refractivity contribution in [3.8, 4) is 0 Å². The molecule has 10 atom stereocenters. The van der Waals surface area contributed by atoms with Gasteiger partial charge in [0.25, 0.3) is 0 Å². The lowest BCUT2D eigenvalue weighted by Crippen LogP contribution is -2.37. The number of aromatic nitrogens is 7. The summed E-state index contributed by atoms with van der Waals surface area (Å²) in [5.74, 6) is 0.0281. The first kappa shape index (κ1) is 29.5. The quantitative estimate of drug-likeness (QED) is 0.140. The zero-order valence-corrected chi connectivity index (χ0v) is 23.9. The first-order chi connectivity index (χ1) is 20.9. The van der Waals surface area contributed by atoms with Gasteiger partial charge < -0.3 is 45.7 Å². The molecule has 0 radical (unpaired) electrons. The van der Waals surface area contributed by atoms with Crippen LogP contribution in [-0.4, -0.2) is 104 Å². The van der Waals surface area contributed by atoms with Crippen molar-refractivity contribution in [3.63, 3.8) is 0 Å². The molecule has 3 saturated heterocycles. The van der Waals surface area contributed by atoms with Crippen LogP contribution in [-0.2, 0) is 36.9 Å². The molecule has 7 heterocycles. The van der Waals surface area contributed by atoms with Crippen molar-refractivity contribution in [2.24, 2.45) is 0 Å². The Kier molecular flexibility index (Phi) is 7.20. The number of aliphatic hydroxyl groups excluding tert-OH is 2. The molecule has 0 aliphatic carbocycles. The summed E-state index contributed by atoms with van der Waals surface area (Å²) in [6.07, 6.45) is -8.53. The molecule has 21 nitrogen and oxygen atoms in total. The van der Waals surface area contributed by atoms with Crippen molar-refractivity contribution in [2.75, 3.05) is 24.4 Å². The zero-order chi connectivity index (χ0) is 31.0. The van der Waals surface area contributed by atoms with Crippen LogP contribution in [0.15, 0.2) is 31.2 Å². The predicted octanol–water partition coefficient (Wildman–Crippen LogP) is -1.03. The SMILES string of the molecule is Nc1ncnc2c1ncn2[C@@H]1O[C@@H]2OCP(=O)(O)O[C@H]3C(O)[C@@H](COP(=O)(O)O[C@H]1C2O)O[C@H]3n1cnc2c(N)ccnc21. The third-order valence-electron chi connectivity index (χ3n) is 7.26. The van der Waals surface area contributed by atoms with Gasteiger partial charge in [0.2, 0.25) is 0 Å². The molecule has 44 heavy (non-hydrogen) atoms. The molecule has 3 aliphatic heterocycles. The van der Waals surface area contributed by atoms with E-state index in [0.29, 0.717) is 0 Å². The lowest BCUT2D eigenvalue weighted by atomic mass is 10.1. The Bertz CT molecular complexity index is 1690. The van der Waals surface area contributed by atoms with Gasteiger partial charge in [0.05, 0.1) is 24.9 Å². The van der Waals surface area contributed by atoms with E-state index >= 15 is 0 Å². The van der Waals surface area contributed by atoms with Crippen molar-refractivity contribution in [3.05, 3.63) is 31.2 Å². The highest BCUT2D eigenvalue weighted by molar-refractivity contribution is 7.52. The van der Waals surface area contributed by atoms with Crippen LogP contribution in [0.25, 0.3) is 22.3 Å². The predicted molar refractivity (Wildman–Crippen MR) is 143 cm³/mol. The number of anilines is 2. The molecule has 8 N–H and O–H groups in total. The maximum Gasteiger partial charge on any atom is 0.472 e. The van der Waals surface area contributed by atoms with Gasteiger partial charge in [-0.3, -0.25) is 27.3 Å². The summed E-state index contributed by atoms with van der Waals surface area (Å²) in [6.45, 7) is -0.755. The highest BCUT2D eigenvalue weighted by atomic mass is 31.2. The third kappa shape index (κ3) is 5.06. The minimum absolute atomic E-state index is 0.0281. The first-order valence-electron chi connectivity index (χ1n) is 12.9. The number of aliphatic hydroxyl groups is 2. The molecule has 3 fully saturated rings. The molecule has 0 saturated carbocycles. The smallest absolute Gasteiger partial charge is 0.397 e. The number of nitrogen functional groups attached to an aromatic ring is 2. The van der Waals surface area contributed by atoms with Crippen LogP contribution in [0, 0.1) is 0 Å². The van der Waals surface area contributed by atoms with E-state index < -0.39 is 77.6 Å². The van der Waals surface area contributed by atoms with Crippen LogP contribution in [0.1, 0.15) is 12.5 Å². The van der Waals surface area contributed by atoms with Crippen molar-refractivity contribution < 1.29 is 56.9 Å². The number of fused-ring (bicyclic) bond motifs is 6. The summed E-state index contributed by atoms with van der Waals surface area (Å²) < 4.78 is 62.0. The Morgan fingerprint density at radius 1 is 0.864 bits per heavy atom. The fourth-order valence-electron chi connectivity index (χ4n) is 5.22. The Hall–Kier alpha value is -3.17. The maximum atomic E-state index is 13.2. The Labute approximate surface area is 245 Å². The van der Waals surface area contributed by atoms with Crippen LogP contribution in [0.4, 0.5) is 11.5 Å². The molecular weight excluding hydrogens is 632 g/mol. The molecular formula is C21H25N9O12P2. The van der Waals surface area contributed by atoms with Gasteiger partial charge in [0.1, 0.15) is 47.9 Å². The Balaban J connectivity index is 1.22. The molecule has 7 rings (SSSR count). The van der Waals surface area contributed by atoms with Crippen LogP contribution < -0.4 is 11.5 Å². The minimum Gasteiger partial charge on any atom is -0.397 e. The number of rotatable bonds is 2. The van der Waals surface area contributed by atoms with Gasteiger partial charge in [-0.2, -0.15) is 0 Å². The maximum absolute atomic E-state index is 13.2. The number of phosphoric ester groups is 1. The molecule has 4 bridgehead atoms. The fourth-order valence-corrected chi connectivity index (χ4v) is 7.16. The highest BCUT2D eigenvalue weighted by Crippen LogP contribution is 2.53. The van der Waals surface area contributed by atoms with Crippen molar-refractivity contribution in [2.45, 2.75) is 49.3 Å². The average Bonchev–Trinajstić information content (AvgIpc) is 3.73. The van der Waals surface area contributed by atoms with E-state index in [1.165, 1.54) is 34.1 Å². The summed E-state index contributed by atoms with van der Waals surface area (Å²) in [7, 11) is -9.78. The number of phosphoric acid groups is 1. The standard InChI is InChI=1S/C21H25N9O12P2/c22-8-1-2-24-17-10(8)27-5-29(17)19-14-12(31)9(39-19)3-38-44(35,36)42-15-13(32)21(37-7-43(33,34)41-14)40-20(15)30-6-28-11-16(23)25-4-26-18(11)30/h1-2,4-6,9,12-15,19-21,31-32H,3,7H2,(H2,22,24)(H,33,34)(H,35,36)(H2,23,25,26)/t9-,12?,13?,14+,15+,19-,20-,21+/m1/s1. The van der Waals surface area contributed by atoms with E-state index in [1.807, 2.05) is 0 Å². The topological polar surface area (TPSA) is 297 Å². The van der Waals surface area contributed by atoms with E-state index in [9.17, 15) is 29.1 Å². The number of nitrogens with zero attached hydrogens (tertiary/aromatic N) is 7. The van der Waals surface area contributed by atoms with Gasteiger partial charge in [-0.25, -0.2) is 29.5 Å². The van der Waals surface area contributed by atoms with Crippen molar-refractivity contribution in [1.29, 1.82) is 0 Å². The van der Waals surface area contributed by atoms with Crippen molar-refractivity contribution >= 4 is 49.3 Å². The van der Waals surface area contributed by atoms with Gasteiger partial charge in [-0.1, -0.05) is 0 Å². The molecule has 0 spiro atoms. The van der Waals surface area contributed by atoms with Crippen LogP contribution in [0.5, 0.6) is 0 Å². The summed E-state index contributed by atoms with van der Waals surface area (Å²) >= 11 is 0. The summed E-state index contributed by atoms with van der Waals surface area (Å²) in [5, 5.41) is 22.1. The van der Waals surface area contributed by atoms with Crippen LogP contribution >= 0.6 is 15.4 Å². The second-order valence-corrected chi connectivity index (χ2v) is 13.2. The number of nitrogens with two attached hydrogens (primary N) is 2. The van der Waals surface area contributed by atoms with E-state index in [-0.39, 0.29) is 33.8 Å². The number of hydrogen-bond donors (Lipinski definition) is 6. The summed E-state index contributed by atoms with van der Waals surface area (Å²) in [4.78, 5) is 41.9. The third-order valence-corrected chi connectivity index (χ3v) is 9.29. The van der Waals surface area contributed by atoms with Crippen LogP contribution in [0.3, 0.4) is 0 Å². The number of hydrogen-bond acceptors (Lipinski definition) is 17. The number of ether oxygens (including phenoxy) is 3. The van der Waals surface area contributed by atoms with E-state index in [4.69, 9.17) is 39.2 Å². The minimum atomic E-state index is -5.04. The molecule has 4 aromatic heterocycles. The molecule has 4 aromatic rings. The van der Waals surface area contributed by atoms with Crippen LogP contribution in [0.2, 0.25) is 0 Å². The summed E-state index contributed by atoms with van der Waals surface area (Å²) in [6, 6.07) is 1.52. The lowest BCUT2D eigenvalue weighted by Gasteiger charge is -2.26. The van der Waals surface area contributed by atoms with Gasteiger partial charge in [0.15, 0.2) is 42.2 Å². The molecule has 0 amide bonds. The molecule has 0 aromatic carbocycles. The normalized spacial score (nSPS) is 38.3. The Morgan fingerprint density at radius 2 is 1.55 bits per heavy atom. The number of imidazole rings is 2. The largest absolute Gasteiger partial charge is 0.472 e. The van der Waals surface area contributed by atoms with Crippen molar-refractivity contribution in [1.82, 2.24) is 34.1 Å². The number of pyridine rings is 1. The lowest BCUT2D eigenvalue weighted by molar-refractivity contribution is -0.168. The Morgan fingerprint density at radius 3 is 2.32 bits per heavy atom.